The van der Waals surface area contributed by atoms with E-state index in [1.165, 1.54) is 4.90 Å². The van der Waals surface area contributed by atoms with Gasteiger partial charge in [0, 0.05) is 189 Å². The van der Waals surface area contributed by atoms with Gasteiger partial charge in [-0.15, -0.1) is 0 Å². The molecule has 0 bridgehead atoms. The summed E-state index contributed by atoms with van der Waals surface area (Å²) in [6, 6.07) is 28.6. The number of urea groups is 2. The van der Waals surface area contributed by atoms with E-state index >= 15 is 0 Å². The van der Waals surface area contributed by atoms with Crippen LogP contribution in [0.15, 0.2) is 203 Å². The molecule has 18 aromatic heterocycles. The van der Waals surface area contributed by atoms with Crippen LogP contribution in [-0.2, 0) is 11.2 Å². The molecule has 8 N–H and O–H groups in total. The Hall–Kier alpha value is -15.2. The lowest BCUT2D eigenvalue weighted by molar-refractivity contribution is -0.118. The number of nitrogens with one attached hydrogen (secondary N) is 8. The van der Waals surface area contributed by atoms with Crippen LogP contribution in [0.5, 0.6) is 0 Å². The Balaban J connectivity index is 0.000000121. The molecule has 32 nitrogen and oxygen atoms in total. The van der Waals surface area contributed by atoms with Crippen LogP contribution in [0.25, 0.3) is 168 Å². The van der Waals surface area contributed by atoms with Gasteiger partial charge in [0.1, 0.15) is 33.9 Å². The van der Waals surface area contributed by atoms with Crippen molar-refractivity contribution >= 4 is 95.4 Å². The molecule has 0 aromatic carbocycles. The van der Waals surface area contributed by atoms with Crippen LogP contribution >= 0.6 is 0 Å². The van der Waals surface area contributed by atoms with Gasteiger partial charge in [-0.05, 0) is 85.4 Å². The second-order valence-electron chi connectivity index (χ2n) is 26.3. The van der Waals surface area contributed by atoms with Crippen LogP contribution in [0.3, 0.4) is 0 Å². The van der Waals surface area contributed by atoms with Crippen LogP contribution in [0.2, 0.25) is 0 Å². The number of imidazole rings is 3. The lowest BCUT2D eigenvalue weighted by atomic mass is 10.1. The molecule has 4 amide bonds. The summed E-state index contributed by atoms with van der Waals surface area (Å²) >= 11 is 0. The molecule has 0 saturated carbocycles. The predicted octanol–water partition coefficient (Wildman–Crippen LogP) is 12.5. The highest BCUT2D eigenvalue weighted by atomic mass is 16.2. The topological polar surface area (TPSA) is 412 Å². The lowest BCUT2D eigenvalue weighted by Gasteiger charge is -2.32. The average Bonchev–Trinajstić information content (AvgIpc) is 1.63. The minimum Gasteiger partial charge on any atom is -0.335 e. The van der Waals surface area contributed by atoms with Gasteiger partial charge in [0.2, 0.25) is 0 Å². The molecule has 544 valence electrons. The Morgan fingerprint density at radius 3 is 1.34 bits per heavy atom. The van der Waals surface area contributed by atoms with Gasteiger partial charge >= 0.3 is 12.1 Å². The fraction of sp³-hybridized carbons (Fsp3) is 0.127. The molecule has 1 aliphatic heterocycles. The first-order valence-corrected chi connectivity index (χ1v) is 35.3. The second-order valence-corrected chi connectivity index (χ2v) is 26.3. The number of likely N-dealkylation sites (N-methyl/N-ethyl adjacent to an activating group) is 1. The summed E-state index contributed by atoms with van der Waals surface area (Å²) < 4.78 is 0. The molecule has 19 rings (SSSR count). The summed E-state index contributed by atoms with van der Waals surface area (Å²) in [6.07, 6.45) is 32.2. The van der Waals surface area contributed by atoms with Crippen molar-refractivity contribution in [3.05, 3.63) is 208 Å². The van der Waals surface area contributed by atoms with Crippen molar-refractivity contribution in [2.75, 3.05) is 58.0 Å². The monoisotopic (exact) mass is 1470 g/mol. The molecule has 32 heteroatoms. The smallest absolute Gasteiger partial charge is 0.321 e. The fourth-order valence-electron chi connectivity index (χ4n) is 12.8. The number of carbonyl (C=O) groups excluding carboxylic acids is 3. The van der Waals surface area contributed by atoms with Gasteiger partial charge in [-0.2, -0.15) is 15.3 Å². The predicted molar refractivity (Wildman–Crippen MR) is 419 cm³/mol. The van der Waals surface area contributed by atoms with Crippen molar-refractivity contribution < 1.29 is 14.4 Å². The van der Waals surface area contributed by atoms with Crippen LogP contribution in [0, 0.1) is 0 Å². The molecule has 0 atom stereocenters. The first kappa shape index (κ1) is 68.9. The zero-order chi connectivity index (χ0) is 75.5. The van der Waals surface area contributed by atoms with Gasteiger partial charge in [0.25, 0.3) is 0 Å². The number of rotatable bonds is 14. The average molecular weight is 1470 g/mol. The Labute approximate surface area is 629 Å². The number of H-pyrrole nitrogens is 6. The Bertz CT molecular complexity index is 6470. The number of fused-ring (bicyclic) bond motifs is 6. The summed E-state index contributed by atoms with van der Waals surface area (Å²) in [5.41, 5.74) is 20.9. The summed E-state index contributed by atoms with van der Waals surface area (Å²) in [6.45, 7) is 4.97. The molecule has 111 heavy (non-hydrogen) atoms. The number of hydrogen-bond donors (Lipinski definition) is 8. The number of amides is 4. The first-order valence-electron chi connectivity index (χ1n) is 35.3. The molecule has 0 radical (unpaired) electrons. The molecule has 1 fully saturated rings. The Kier molecular flexibility index (Phi) is 18.6. The third kappa shape index (κ3) is 14.3. The molecule has 1 aliphatic rings. The number of aromatic amines is 6. The zero-order valence-electron chi connectivity index (χ0n) is 59.9. The molecular weight excluding hydrogens is 1400 g/mol. The Morgan fingerprint density at radius 2 is 0.883 bits per heavy atom. The molecule has 18 aromatic rings. The van der Waals surface area contributed by atoms with Crippen molar-refractivity contribution in [2.45, 2.75) is 19.8 Å². The lowest BCUT2D eigenvalue weighted by Crippen LogP contribution is -2.48. The third-order valence-corrected chi connectivity index (χ3v) is 18.8. The van der Waals surface area contributed by atoms with E-state index in [1.807, 2.05) is 103 Å². The van der Waals surface area contributed by atoms with Crippen molar-refractivity contribution in [1.82, 2.24) is 135 Å². The molecular formula is C79H65N29O3. The number of hydrogen-bond acceptors (Lipinski definition) is 22. The van der Waals surface area contributed by atoms with Crippen molar-refractivity contribution in [1.29, 1.82) is 0 Å². The van der Waals surface area contributed by atoms with Gasteiger partial charge in [-0.3, -0.25) is 64.9 Å². The summed E-state index contributed by atoms with van der Waals surface area (Å²) in [7, 11) is 5.42. The Morgan fingerprint density at radius 1 is 0.432 bits per heavy atom. The number of aromatic nitrogens is 24. The van der Waals surface area contributed by atoms with Crippen LogP contribution in [-0.4, -0.2) is 200 Å². The number of carbonyl (C=O) groups is 3. The largest absolute Gasteiger partial charge is 0.335 e. The van der Waals surface area contributed by atoms with Gasteiger partial charge < -0.3 is 40.3 Å². The van der Waals surface area contributed by atoms with E-state index < -0.39 is 0 Å². The van der Waals surface area contributed by atoms with Crippen LogP contribution < -0.4 is 10.6 Å². The van der Waals surface area contributed by atoms with Crippen molar-refractivity contribution in [2.24, 2.45) is 0 Å². The van der Waals surface area contributed by atoms with Crippen LogP contribution in [0.1, 0.15) is 19.0 Å². The van der Waals surface area contributed by atoms with Gasteiger partial charge in [0.05, 0.1) is 92.0 Å². The first-order chi connectivity index (χ1) is 54.4. The normalized spacial score (nSPS) is 12.3. The van der Waals surface area contributed by atoms with Gasteiger partial charge in [-0.25, -0.2) is 39.5 Å². The zero-order valence-corrected chi connectivity index (χ0v) is 59.9. The number of nitrogens with zero attached hydrogens (tertiary/aromatic N) is 21. The molecule has 0 unspecified atom stereocenters. The molecule has 19 heterocycles. The highest BCUT2D eigenvalue weighted by Gasteiger charge is 2.24. The minimum atomic E-state index is -0.232. The van der Waals surface area contributed by atoms with Gasteiger partial charge in [-0.1, -0.05) is 25.1 Å². The fourth-order valence-corrected chi connectivity index (χ4v) is 12.8. The van der Waals surface area contributed by atoms with E-state index in [4.69, 9.17) is 15.0 Å². The number of Topliss-reactive ketones (excluding diaryl/α,β-unsaturated/α-hetero) is 1. The SMILES string of the molecule is CCC(=O)Cc1ccc(-c2cnc3n[nH]c(-c4nc5c(-c6ccncc6)cncc5[nH]4)c3c2)cn1.CN(C)C(=O)Nc1cncc(-c2cnc3n[nH]c(-c4nc5c(-c6ccccn6)cncc5[nH]4)c3c2)c1.CN1CCN(C(=O)Nc2cncc(-c3cnc4n[nH]c(-c5nc6c(-c7ccccn7)cncc6[nH]5)c4c3)c2)CC1. The molecule has 1 saturated heterocycles. The summed E-state index contributed by atoms with van der Waals surface area (Å²) in [5.74, 6) is 2.05. The van der Waals surface area contributed by atoms with E-state index in [2.05, 4.69) is 128 Å². The van der Waals surface area contributed by atoms with E-state index in [-0.39, 0.29) is 17.8 Å². The van der Waals surface area contributed by atoms with Crippen LogP contribution in [0.4, 0.5) is 21.0 Å². The van der Waals surface area contributed by atoms with Gasteiger partial charge in [0.15, 0.2) is 34.4 Å². The number of piperazine rings is 1. The van der Waals surface area contributed by atoms with Crippen molar-refractivity contribution in [3.8, 4) is 102 Å². The summed E-state index contributed by atoms with van der Waals surface area (Å²) in [5, 5.41) is 30.6. The number of ketones is 1. The van der Waals surface area contributed by atoms with E-state index in [0.717, 1.165) is 141 Å². The molecule has 0 spiro atoms. The van der Waals surface area contributed by atoms with Crippen molar-refractivity contribution in [3.63, 3.8) is 0 Å². The minimum absolute atomic E-state index is 0.123. The highest BCUT2D eigenvalue weighted by Crippen LogP contribution is 2.37. The maximum absolute atomic E-state index is 12.8. The van der Waals surface area contributed by atoms with E-state index in [1.54, 1.807) is 126 Å². The third-order valence-electron chi connectivity index (χ3n) is 18.8. The number of anilines is 2. The standard InChI is InChI=1S/C28H25N11O.C26H20N8O.C25H20N10O/c1-38-6-8-39(9-7-38)28(40)33-19-10-17(12-29-14-19)18-11-20-25(36-37-26(20)32-13-18)27-34-23-16-30-15-21(24(23)35-27)22-4-2-3-5-31-22;1-2-19(35)10-18-4-3-16(11-29-18)17-9-20-24(33-34-25(20)30-12-17)26-31-22-14-28-13-21(23(22)32-26)15-5-7-27-8-6-15;1-35(2)25(36)30-16-7-14(9-26-11-16)15-8-17-22(33-34-23(17)29-10-15)24-31-20-13-27-12-18(21(20)32-24)19-5-3-4-6-28-19/h2-5,10-16H,6-9H2,1H3,(H,33,40)(H,34,35)(H,32,36,37);3-9,11-14H,2,10H2,1H3,(H,31,32)(H,30,33,34);3-13H,1-2H3,(H,30,36)(H,31,32)(H,29,33,34). The second kappa shape index (κ2) is 30.0. The van der Waals surface area contributed by atoms with E-state index in [9.17, 15) is 14.4 Å². The highest BCUT2D eigenvalue weighted by molar-refractivity contribution is 6.01. The molecule has 0 aliphatic carbocycles. The number of pyridine rings is 12. The summed E-state index contributed by atoms with van der Waals surface area (Å²) in [4.78, 5) is 119. The van der Waals surface area contributed by atoms with E-state index in [0.29, 0.717) is 83.1 Å². The quantitative estimate of drug-likeness (QED) is 0.0501. The maximum atomic E-state index is 12.8. The maximum Gasteiger partial charge on any atom is 0.321 e.